The van der Waals surface area contributed by atoms with Crippen LogP contribution in [-0.2, 0) is 17.8 Å². The fourth-order valence-corrected chi connectivity index (χ4v) is 3.39. The first-order chi connectivity index (χ1) is 12.2. The lowest BCUT2D eigenvalue weighted by Crippen LogP contribution is -2.23. The summed E-state index contributed by atoms with van der Waals surface area (Å²) < 4.78 is 5.00. The number of rotatable bonds is 2. The highest BCUT2D eigenvalue weighted by Gasteiger charge is 2.26. The van der Waals surface area contributed by atoms with E-state index in [1.165, 1.54) is 0 Å². The maximum absolute atomic E-state index is 11.8. The SMILES string of the molecule is N#Cc1ccc(N2CCOC2=O)cc1-c1cccc2c1CN(C#N)C2. The van der Waals surface area contributed by atoms with Crippen LogP contribution >= 0.6 is 0 Å². The Morgan fingerprint density at radius 3 is 2.68 bits per heavy atom. The lowest BCUT2D eigenvalue weighted by atomic mass is 9.93. The zero-order chi connectivity index (χ0) is 17.4. The van der Waals surface area contributed by atoms with E-state index in [0.717, 1.165) is 22.3 Å². The van der Waals surface area contributed by atoms with Gasteiger partial charge in [0.1, 0.15) is 6.61 Å². The van der Waals surface area contributed by atoms with E-state index < -0.39 is 0 Å². The van der Waals surface area contributed by atoms with Gasteiger partial charge in [-0.05, 0) is 34.9 Å². The van der Waals surface area contributed by atoms with Crippen LogP contribution in [0.4, 0.5) is 10.5 Å². The zero-order valence-electron chi connectivity index (χ0n) is 13.4. The molecular weight excluding hydrogens is 316 g/mol. The molecule has 6 nitrogen and oxygen atoms in total. The number of nitriles is 2. The van der Waals surface area contributed by atoms with Crippen molar-refractivity contribution in [2.75, 3.05) is 18.1 Å². The van der Waals surface area contributed by atoms with Gasteiger partial charge in [0.15, 0.2) is 6.19 Å². The number of hydrogen-bond acceptors (Lipinski definition) is 5. The molecular formula is C19H14N4O2. The molecule has 1 amide bonds. The molecule has 25 heavy (non-hydrogen) atoms. The molecule has 0 atom stereocenters. The Kier molecular flexibility index (Phi) is 3.52. The molecule has 0 aromatic heterocycles. The third kappa shape index (κ3) is 2.45. The van der Waals surface area contributed by atoms with Crippen LogP contribution in [0.15, 0.2) is 36.4 Å². The van der Waals surface area contributed by atoms with E-state index in [-0.39, 0.29) is 6.09 Å². The predicted molar refractivity (Wildman–Crippen MR) is 90.1 cm³/mol. The van der Waals surface area contributed by atoms with E-state index in [9.17, 15) is 15.3 Å². The molecule has 1 saturated heterocycles. The molecule has 0 aliphatic carbocycles. The van der Waals surface area contributed by atoms with Gasteiger partial charge < -0.3 is 9.64 Å². The number of benzene rings is 2. The summed E-state index contributed by atoms with van der Waals surface area (Å²) >= 11 is 0. The molecule has 2 aromatic carbocycles. The van der Waals surface area contributed by atoms with Crippen LogP contribution in [0.25, 0.3) is 11.1 Å². The van der Waals surface area contributed by atoms with Crippen molar-refractivity contribution in [3.63, 3.8) is 0 Å². The van der Waals surface area contributed by atoms with Crippen molar-refractivity contribution in [3.8, 4) is 23.4 Å². The van der Waals surface area contributed by atoms with Crippen LogP contribution in [0.5, 0.6) is 0 Å². The standard InChI is InChI=1S/C19H14N4O2/c20-9-13-4-5-15(23-6-7-25-19(23)24)8-17(13)16-3-1-2-14-10-22(12-21)11-18(14)16/h1-5,8H,6-7,10-11H2. The van der Waals surface area contributed by atoms with Gasteiger partial charge in [-0.1, -0.05) is 18.2 Å². The summed E-state index contributed by atoms with van der Waals surface area (Å²) in [5.41, 5.74) is 5.11. The predicted octanol–water partition coefficient (Wildman–Crippen LogP) is 2.98. The summed E-state index contributed by atoms with van der Waals surface area (Å²) in [6.07, 6.45) is 1.81. The van der Waals surface area contributed by atoms with Crippen LogP contribution in [0, 0.1) is 22.8 Å². The van der Waals surface area contributed by atoms with Crippen molar-refractivity contribution < 1.29 is 9.53 Å². The molecule has 0 radical (unpaired) electrons. The number of anilines is 1. The average molecular weight is 330 g/mol. The molecule has 2 heterocycles. The van der Waals surface area contributed by atoms with E-state index in [2.05, 4.69) is 12.3 Å². The third-order valence-corrected chi connectivity index (χ3v) is 4.61. The van der Waals surface area contributed by atoms with Gasteiger partial charge in [0.25, 0.3) is 0 Å². The van der Waals surface area contributed by atoms with E-state index in [4.69, 9.17) is 4.74 Å². The number of carbonyl (C=O) groups is 1. The quantitative estimate of drug-likeness (QED) is 0.791. The van der Waals surface area contributed by atoms with Gasteiger partial charge in [-0.15, -0.1) is 0 Å². The molecule has 2 aliphatic rings. The highest BCUT2D eigenvalue weighted by atomic mass is 16.6. The van der Waals surface area contributed by atoms with Gasteiger partial charge in [0.05, 0.1) is 31.3 Å². The minimum Gasteiger partial charge on any atom is -0.447 e. The second kappa shape index (κ2) is 5.85. The van der Waals surface area contributed by atoms with Crippen molar-refractivity contribution in [1.29, 1.82) is 10.5 Å². The molecule has 0 bridgehead atoms. The molecule has 6 heteroatoms. The topological polar surface area (TPSA) is 80.4 Å². The molecule has 0 spiro atoms. The number of nitrogens with zero attached hydrogens (tertiary/aromatic N) is 4. The summed E-state index contributed by atoms with van der Waals surface area (Å²) in [5, 5.41) is 18.7. The summed E-state index contributed by atoms with van der Waals surface area (Å²) in [6.45, 7) is 1.98. The molecule has 2 aromatic rings. The largest absolute Gasteiger partial charge is 0.447 e. The fraction of sp³-hybridized carbons (Fsp3) is 0.211. The van der Waals surface area contributed by atoms with Gasteiger partial charge in [-0.3, -0.25) is 4.90 Å². The number of amides is 1. The van der Waals surface area contributed by atoms with Gasteiger partial charge in [-0.2, -0.15) is 10.5 Å². The molecule has 4 rings (SSSR count). The van der Waals surface area contributed by atoms with Gasteiger partial charge in [0, 0.05) is 11.3 Å². The summed E-state index contributed by atoms with van der Waals surface area (Å²) in [7, 11) is 0. The Morgan fingerprint density at radius 1 is 1.08 bits per heavy atom. The number of carbonyl (C=O) groups excluding carboxylic acids is 1. The lowest BCUT2D eigenvalue weighted by molar-refractivity contribution is 0.181. The second-order valence-corrected chi connectivity index (χ2v) is 6.01. The number of cyclic esters (lactones) is 1. The molecule has 0 saturated carbocycles. The normalized spacial score (nSPS) is 15.5. The highest BCUT2D eigenvalue weighted by Crippen LogP contribution is 2.36. The average Bonchev–Trinajstić information content (AvgIpc) is 3.26. The number of hydrogen-bond donors (Lipinski definition) is 0. The summed E-state index contributed by atoms with van der Waals surface area (Å²) in [5.74, 6) is 0. The van der Waals surface area contributed by atoms with E-state index >= 15 is 0 Å². The van der Waals surface area contributed by atoms with Gasteiger partial charge in [-0.25, -0.2) is 4.79 Å². The van der Waals surface area contributed by atoms with Crippen molar-refractivity contribution in [3.05, 3.63) is 53.1 Å². The van der Waals surface area contributed by atoms with Gasteiger partial charge >= 0.3 is 6.09 Å². The molecule has 0 N–H and O–H groups in total. The van der Waals surface area contributed by atoms with Crippen molar-refractivity contribution in [2.45, 2.75) is 13.1 Å². The maximum atomic E-state index is 11.8. The zero-order valence-corrected chi connectivity index (χ0v) is 13.4. The third-order valence-electron chi connectivity index (χ3n) is 4.61. The first-order valence-electron chi connectivity index (χ1n) is 7.95. The number of fused-ring (bicyclic) bond motifs is 1. The molecule has 122 valence electrons. The number of ether oxygens (including phenoxy) is 1. The van der Waals surface area contributed by atoms with Crippen LogP contribution in [0.1, 0.15) is 16.7 Å². The minimum atomic E-state index is -0.371. The van der Waals surface area contributed by atoms with E-state index in [1.807, 2.05) is 24.3 Å². The van der Waals surface area contributed by atoms with Crippen LogP contribution < -0.4 is 4.90 Å². The van der Waals surface area contributed by atoms with Gasteiger partial charge in [0.2, 0.25) is 0 Å². The van der Waals surface area contributed by atoms with E-state index in [0.29, 0.717) is 37.5 Å². The minimum absolute atomic E-state index is 0.367. The first-order valence-corrected chi connectivity index (χ1v) is 7.95. The van der Waals surface area contributed by atoms with Crippen molar-refractivity contribution in [2.24, 2.45) is 0 Å². The summed E-state index contributed by atoms with van der Waals surface area (Å²) in [6, 6.07) is 13.5. The molecule has 0 unspecified atom stereocenters. The Hall–Kier alpha value is -3.51. The maximum Gasteiger partial charge on any atom is 0.414 e. The smallest absolute Gasteiger partial charge is 0.414 e. The fourth-order valence-electron chi connectivity index (χ4n) is 3.39. The highest BCUT2D eigenvalue weighted by molar-refractivity contribution is 5.91. The monoisotopic (exact) mass is 330 g/mol. The molecule has 2 aliphatic heterocycles. The Balaban J connectivity index is 1.84. The van der Waals surface area contributed by atoms with Crippen molar-refractivity contribution >= 4 is 11.8 Å². The Morgan fingerprint density at radius 2 is 1.96 bits per heavy atom. The van der Waals surface area contributed by atoms with E-state index in [1.54, 1.807) is 21.9 Å². The Labute approximate surface area is 145 Å². The van der Waals surface area contributed by atoms with Crippen LogP contribution in [-0.4, -0.2) is 24.1 Å². The molecule has 1 fully saturated rings. The van der Waals surface area contributed by atoms with Crippen molar-refractivity contribution in [1.82, 2.24) is 4.90 Å². The second-order valence-electron chi connectivity index (χ2n) is 6.01. The summed E-state index contributed by atoms with van der Waals surface area (Å²) in [4.78, 5) is 15.1. The Bertz CT molecular complexity index is 955. The lowest BCUT2D eigenvalue weighted by Gasteiger charge is -2.16. The van der Waals surface area contributed by atoms with Crippen LogP contribution in [0.3, 0.4) is 0 Å². The van der Waals surface area contributed by atoms with Crippen LogP contribution in [0.2, 0.25) is 0 Å². The first kappa shape index (κ1) is 15.0.